The van der Waals surface area contributed by atoms with Crippen molar-refractivity contribution in [3.63, 3.8) is 0 Å². The molecule has 0 aromatic heterocycles. The molecule has 1 aliphatic rings. The first-order valence-corrected chi connectivity index (χ1v) is 4.94. The highest BCUT2D eigenvalue weighted by atomic mass is 32.2. The van der Waals surface area contributed by atoms with Crippen molar-refractivity contribution in [1.82, 2.24) is 0 Å². The fourth-order valence-corrected chi connectivity index (χ4v) is 2.31. The molecule has 0 aromatic rings. The van der Waals surface area contributed by atoms with Gasteiger partial charge in [-0.1, -0.05) is 26.0 Å². The quantitative estimate of drug-likeness (QED) is 0.562. The van der Waals surface area contributed by atoms with Gasteiger partial charge in [0.15, 0.2) is 0 Å². The molecule has 0 radical (unpaired) electrons. The number of rotatable bonds is 1. The second-order valence-corrected chi connectivity index (χ2v) is 5.20. The lowest BCUT2D eigenvalue weighted by Crippen LogP contribution is -2.28. The summed E-state index contributed by atoms with van der Waals surface area (Å²) in [6.45, 7) is 7.48. The zero-order valence-corrected chi connectivity index (χ0v) is 8.28. The van der Waals surface area contributed by atoms with Crippen LogP contribution in [0, 0.1) is 0 Å². The highest BCUT2D eigenvalue weighted by Gasteiger charge is 2.27. The second kappa shape index (κ2) is 3.63. The van der Waals surface area contributed by atoms with Gasteiger partial charge in [0.1, 0.15) is 5.44 Å². The Labute approximate surface area is 73.2 Å². The molecule has 1 unspecified atom stereocenters. The number of thioether (sulfide) groups is 1. The third kappa shape index (κ3) is 2.88. The Morgan fingerprint density at radius 3 is 2.82 bits per heavy atom. The van der Waals surface area contributed by atoms with Gasteiger partial charge in [-0.05, 0) is 13.3 Å². The second-order valence-electron chi connectivity index (χ2n) is 3.39. The fraction of sp³-hybridized carbons (Fsp3) is 0.778. The lowest BCUT2D eigenvalue weighted by molar-refractivity contribution is 0.118. The predicted molar refractivity (Wildman–Crippen MR) is 50.8 cm³/mol. The Hall–Kier alpha value is 0.0500. The van der Waals surface area contributed by atoms with E-state index in [1.165, 1.54) is 0 Å². The summed E-state index contributed by atoms with van der Waals surface area (Å²) in [4.78, 5) is 0. The topological polar surface area (TPSA) is 9.23 Å². The molecule has 0 aliphatic carbocycles. The fourth-order valence-electron chi connectivity index (χ4n) is 1.08. The van der Waals surface area contributed by atoms with Crippen LogP contribution in [0.2, 0.25) is 0 Å². The standard InChI is InChI=1S/C9H16OS/c1-4-5-8-10-7-6-9(2,3)11-8/h4-5,8H,6-7H2,1-3H3/b5-4+. The molecule has 1 fully saturated rings. The van der Waals surface area contributed by atoms with E-state index in [0.29, 0.717) is 4.75 Å². The molecule has 1 saturated heterocycles. The Kier molecular flexibility index (Phi) is 3.02. The van der Waals surface area contributed by atoms with Gasteiger partial charge in [0.05, 0.1) is 0 Å². The Morgan fingerprint density at radius 1 is 1.55 bits per heavy atom. The van der Waals surface area contributed by atoms with Crippen molar-refractivity contribution in [3.05, 3.63) is 12.2 Å². The van der Waals surface area contributed by atoms with E-state index in [0.717, 1.165) is 13.0 Å². The molecule has 0 spiro atoms. The van der Waals surface area contributed by atoms with Crippen LogP contribution >= 0.6 is 11.8 Å². The molecule has 1 nitrogen and oxygen atoms in total. The van der Waals surface area contributed by atoms with Crippen molar-refractivity contribution >= 4 is 11.8 Å². The van der Waals surface area contributed by atoms with Crippen LogP contribution in [0.1, 0.15) is 27.2 Å². The van der Waals surface area contributed by atoms with E-state index >= 15 is 0 Å². The molecular weight excluding hydrogens is 156 g/mol. The predicted octanol–water partition coefficient (Wildman–Crippen LogP) is 2.82. The van der Waals surface area contributed by atoms with Gasteiger partial charge in [-0.25, -0.2) is 0 Å². The molecule has 1 atom stereocenters. The van der Waals surface area contributed by atoms with E-state index in [9.17, 15) is 0 Å². The molecular formula is C9H16OS. The van der Waals surface area contributed by atoms with E-state index in [1.54, 1.807) is 0 Å². The molecule has 1 heterocycles. The van der Waals surface area contributed by atoms with Gasteiger partial charge in [-0.3, -0.25) is 0 Å². The van der Waals surface area contributed by atoms with Gasteiger partial charge in [-0.2, -0.15) is 0 Å². The zero-order valence-electron chi connectivity index (χ0n) is 7.46. The lowest BCUT2D eigenvalue weighted by Gasteiger charge is -2.33. The number of ether oxygens (including phenoxy) is 1. The number of hydrogen-bond donors (Lipinski definition) is 0. The molecule has 1 rings (SSSR count). The van der Waals surface area contributed by atoms with Crippen LogP contribution in [0.5, 0.6) is 0 Å². The van der Waals surface area contributed by atoms with Crippen LogP contribution in [0.15, 0.2) is 12.2 Å². The molecule has 2 heteroatoms. The summed E-state index contributed by atoms with van der Waals surface area (Å²) in [6, 6.07) is 0. The van der Waals surface area contributed by atoms with Crippen molar-refractivity contribution in [2.24, 2.45) is 0 Å². The molecule has 0 aromatic carbocycles. The van der Waals surface area contributed by atoms with Gasteiger partial charge < -0.3 is 4.74 Å². The summed E-state index contributed by atoms with van der Waals surface area (Å²) in [5.74, 6) is 0. The summed E-state index contributed by atoms with van der Waals surface area (Å²) < 4.78 is 5.92. The van der Waals surface area contributed by atoms with Crippen molar-refractivity contribution in [2.45, 2.75) is 37.4 Å². The van der Waals surface area contributed by atoms with Crippen molar-refractivity contribution in [3.8, 4) is 0 Å². The first kappa shape index (κ1) is 9.14. The van der Waals surface area contributed by atoms with Crippen molar-refractivity contribution in [2.75, 3.05) is 6.61 Å². The minimum Gasteiger partial charge on any atom is -0.363 e. The average molecular weight is 172 g/mol. The first-order valence-electron chi connectivity index (χ1n) is 4.06. The Balaban J connectivity index is 2.46. The van der Waals surface area contributed by atoms with Gasteiger partial charge in [-0.15, -0.1) is 11.8 Å². The highest BCUT2D eigenvalue weighted by Crippen LogP contribution is 2.37. The van der Waals surface area contributed by atoms with Crippen LogP contribution in [-0.4, -0.2) is 16.8 Å². The lowest BCUT2D eigenvalue weighted by atomic mass is 10.1. The van der Waals surface area contributed by atoms with E-state index in [1.807, 2.05) is 18.7 Å². The van der Waals surface area contributed by atoms with E-state index in [-0.39, 0.29) is 5.44 Å². The maximum Gasteiger partial charge on any atom is 0.122 e. The molecule has 11 heavy (non-hydrogen) atoms. The highest BCUT2D eigenvalue weighted by molar-refractivity contribution is 8.01. The third-order valence-electron chi connectivity index (χ3n) is 1.77. The summed E-state index contributed by atoms with van der Waals surface area (Å²) >= 11 is 1.90. The van der Waals surface area contributed by atoms with E-state index in [2.05, 4.69) is 26.0 Å². The van der Waals surface area contributed by atoms with Crippen molar-refractivity contribution < 1.29 is 4.74 Å². The maximum atomic E-state index is 5.53. The minimum atomic E-state index is 0.281. The molecule has 0 saturated carbocycles. The first-order chi connectivity index (χ1) is 5.14. The summed E-state index contributed by atoms with van der Waals surface area (Å²) in [7, 11) is 0. The van der Waals surface area contributed by atoms with Crippen LogP contribution in [0.25, 0.3) is 0 Å². The molecule has 0 amide bonds. The van der Waals surface area contributed by atoms with Crippen LogP contribution in [-0.2, 0) is 4.74 Å². The van der Waals surface area contributed by atoms with Gasteiger partial charge in [0, 0.05) is 11.4 Å². The Bertz CT molecular complexity index is 152. The van der Waals surface area contributed by atoms with Crippen molar-refractivity contribution in [1.29, 1.82) is 0 Å². The normalized spacial score (nSPS) is 31.0. The van der Waals surface area contributed by atoms with Gasteiger partial charge >= 0.3 is 0 Å². The molecule has 1 aliphatic heterocycles. The number of allylic oxidation sites excluding steroid dienone is 1. The van der Waals surface area contributed by atoms with Gasteiger partial charge in [0.25, 0.3) is 0 Å². The molecule has 64 valence electrons. The minimum absolute atomic E-state index is 0.281. The maximum absolute atomic E-state index is 5.53. The van der Waals surface area contributed by atoms with E-state index < -0.39 is 0 Å². The largest absolute Gasteiger partial charge is 0.363 e. The number of hydrogen-bond acceptors (Lipinski definition) is 2. The SMILES string of the molecule is C/C=C/C1OCCC(C)(C)S1. The van der Waals surface area contributed by atoms with Crippen LogP contribution in [0.3, 0.4) is 0 Å². The summed E-state index contributed by atoms with van der Waals surface area (Å²) in [5, 5.41) is 0. The zero-order chi connectivity index (χ0) is 8.32. The third-order valence-corrected chi connectivity index (χ3v) is 3.14. The average Bonchev–Trinajstić information content (AvgIpc) is 1.85. The summed E-state index contributed by atoms with van der Waals surface area (Å²) in [5.41, 5.74) is 0.281. The van der Waals surface area contributed by atoms with E-state index in [4.69, 9.17) is 4.74 Å². The van der Waals surface area contributed by atoms with Gasteiger partial charge in [0.2, 0.25) is 0 Å². The molecule has 0 bridgehead atoms. The Morgan fingerprint density at radius 2 is 2.27 bits per heavy atom. The smallest absolute Gasteiger partial charge is 0.122 e. The summed E-state index contributed by atoms with van der Waals surface area (Å²) in [6.07, 6.45) is 5.33. The monoisotopic (exact) mass is 172 g/mol. The molecule has 0 N–H and O–H groups in total. The van der Waals surface area contributed by atoms with Crippen LogP contribution < -0.4 is 0 Å². The van der Waals surface area contributed by atoms with Crippen LogP contribution in [0.4, 0.5) is 0 Å².